The lowest BCUT2D eigenvalue weighted by Crippen LogP contribution is -2.58. The lowest BCUT2D eigenvalue weighted by atomic mass is 10.1. The summed E-state index contributed by atoms with van der Waals surface area (Å²) in [5, 5.41) is 3.45. The minimum atomic E-state index is -3.05. The molecule has 1 aliphatic heterocycles. The van der Waals surface area contributed by atoms with Crippen LogP contribution in [0.2, 0.25) is 0 Å². The number of rotatable bonds is 5. The summed E-state index contributed by atoms with van der Waals surface area (Å²) in [5.41, 5.74) is 1.30. The van der Waals surface area contributed by atoms with Gasteiger partial charge in [0.1, 0.15) is 0 Å². The number of aliphatic imine (C=N–C) groups is 1. The third-order valence-corrected chi connectivity index (χ3v) is 7.63. The highest BCUT2D eigenvalue weighted by atomic mass is 127. The largest absolute Gasteiger partial charge is 0.355 e. The molecule has 0 saturated carbocycles. The average molecular weight is 508 g/mol. The van der Waals surface area contributed by atoms with Gasteiger partial charge >= 0.3 is 0 Å². The smallest absolute Gasteiger partial charge is 0.193 e. The van der Waals surface area contributed by atoms with Gasteiger partial charge in [0.2, 0.25) is 0 Å². The first-order valence-corrected chi connectivity index (χ1v) is 10.7. The Kier molecular flexibility index (Phi) is 9.01. The van der Waals surface area contributed by atoms with Crippen LogP contribution in [0.5, 0.6) is 0 Å². The SMILES string of the molecule is CN=C(NCC(Cc1ccccc1)N(C)C)N1CCS(=O)(=O)C(C)(C)C1.I. The van der Waals surface area contributed by atoms with Crippen LogP contribution in [0.3, 0.4) is 0 Å². The maximum Gasteiger partial charge on any atom is 0.193 e. The molecule has 1 aromatic rings. The summed E-state index contributed by atoms with van der Waals surface area (Å²) in [6.45, 7) is 5.27. The zero-order chi connectivity index (χ0) is 19.4. The second kappa shape index (κ2) is 10.1. The third kappa shape index (κ3) is 6.32. The van der Waals surface area contributed by atoms with Crippen molar-refractivity contribution < 1.29 is 8.42 Å². The lowest BCUT2D eigenvalue weighted by molar-refractivity contribution is 0.284. The van der Waals surface area contributed by atoms with Gasteiger partial charge in [-0.3, -0.25) is 4.99 Å². The van der Waals surface area contributed by atoms with Crippen molar-refractivity contribution in [3.05, 3.63) is 35.9 Å². The van der Waals surface area contributed by atoms with Crippen molar-refractivity contribution in [3.63, 3.8) is 0 Å². The van der Waals surface area contributed by atoms with Crippen molar-refractivity contribution in [2.45, 2.75) is 31.1 Å². The standard InChI is InChI=1S/C19H32N4O2S.HI/c1-19(2)15-23(11-12-26(19,24)25)18(20-3)21-14-17(22(4)5)13-16-9-7-6-8-10-16;/h6-10,17H,11-15H2,1-5H3,(H,20,21);1H. The number of guanidine groups is 1. The molecule has 0 spiro atoms. The quantitative estimate of drug-likeness (QED) is 0.374. The van der Waals surface area contributed by atoms with Gasteiger partial charge in [-0.25, -0.2) is 8.42 Å². The average Bonchev–Trinajstić information content (AvgIpc) is 2.58. The molecular weight excluding hydrogens is 475 g/mol. The molecule has 0 bridgehead atoms. The molecule has 27 heavy (non-hydrogen) atoms. The van der Waals surface area contributed by atoms with Gasteiger partial charge in [-0.05, 0) is 39.9 Å². The van der Waals surface area contributed by atoms with E-state index in [1.165, 1.54) is 5.56 Å². The lowest BCUT2D eigenvalue weighted by Gasteiger charge is -2.39. The summed E-state index contributed by atoms with van der Waals surface area (Å²) in [5.74, 6) is 0.940. The number of sulfone groups is 1. The molecule has 2 rings (SSSR count). The monoisotopic (exact) mass is 508 g/mol. The van der Waals surface area contributed by atoms with Gasteiger partial charge in [-0.1, -0.05) is 30.3 Å². The molecular formula is C19H33IN4O2S. The Morgan fingerprint density at radius 1 is 1.30 bits per heavy atom. The first-order valence-electron chi connectivity index (χ1n) is 9.04. The Balaban J connectivity index is 0.00000364. The Labute approximate surface area is 181 Å². The van der Waals surface area contributed by atoms with Gasteiger partial charge in [0.05, 0.1) is 10.5 Å². The predicted molar refractivity (Wildman–Crippen MR) is 124 cm³/mol. The number of nitrogens with one attached hydrogen (secondary N) is 1. The Morgan fingerprint density at radius 2 is 1.93 bits per heavy atom. The molecule has 0 aromatic heterocycles. The van der Waals surface area contributed by atoms with Crippen LogP contribution in [0.25, 0.3) is 0 Å². The number of likely N-dealkylation sites (N-methyl/N-ethyl adjacent to an activating group) is 1. The number of benzene rings is 1. The minimum absolute atomic E-state index is 0. The molecule has 6 nitrogen and oxygen atoms in total. The van der Waals surface area contributed by atoms with E-state index in [0.717, 1.165) is 18.9 Å². The van der Waals surface area contributed by atoms with Crippen molar-refractivity contribution in [2.75, 3.05) is 46.5 Å². The summed E-state index contributed by atoms with van der Waals surface area (Å²) >= 11 is 0. The summed E-state index contributed by atoms with van der Waals surface area (Å²) in [4.78, 5) is 8.64. The van der Waals surface area contributed by atoms with Gasteiger partial charge < -0.3 is 15.1 Å². The minimum Gasteiger partial charge on any atom is -0.355 e. The zero-order valence-corrected chi connectivity index (χ0v) is 20.1. The van der Waals surface area contributed by atoms with Crippen LogP contribution >= 0.6 is 24.0 Å². The summed E-state index contributed by atoms with van der Waals surface area (Å²) in [7, 11) is 2.85. The van der Waals surface area contributed by atoms with E-state index in [9.17, 15) is 8.42 Å². The van der Waals surface area contributed by atoms with E-state index in [-0.39, 0.29) is 29.7 Å². The molecule has 0 amide bonds. The number of nitrogens with zero attached hydrogens (tertiary/aromatic N) is 3. The molecule has 1 unspecified atom stereocenters. The molecule has 1 N–H and O–H groups in total. The van der Waals surface area contributed by atoms with Crippen LogP contribution in [-0.2, 0) is 16.3 Å². The molecule has 1 heterocycles. The van der Waals surface area contributed by atoms with Gasteiger partial charge in [0.15, 0.2) is 15.8 Å². The molecule has 154 valence electrons. The van der Waals surface area contributed by atoms with Crippen molar-refractivity contribution in [2.24, 2.45) is 4.99 Å². The second-order valence-electron chi connectivity index (χ2n) is 7.74. The van der Waals surface area contributed by atoms with E-state index < -0.39 is 14.6 Å². The second-order valence-corrected chi connectivity index (χ2v) is 10.5. The van der Waals surface area contributed by atoms with Crippen LogP contribution in [0.15, 0.2) is 35.3 Å². The van der Waals surface area contributed by atoms with E-state index in [1.807, 2.05) is 6.07 Å². The van der Waals surface area contributed by atoms with E-state index in [0.29, 0.717) is 19.1 Å². The Hall–Kier alpha value is -0.870. The van der Waals surface area contributed by atoms with Gasteiger partial charge in [0, 0.05) is 32.7 Å². The highest BCUT2D eigenvalue weighted by molar-refractivity contribution is 14.0. The normalized spacial score (nSPS) is 20.1. The molecule has 0 radical (unpaired) electrons. The molecule has 1 saturated heterocycles. The summed E-state index contributed by atoms with van der Waals surface area (Å²) in [6.07, 6.45) is 0.942. The first-order chi connectivity index (χ1) is 12.2. The highest BCUT2D eigenvalue weighted by Crippen LogP contribution is 2.23. The molecule has 1 atom stereocenters. The highest BCUT2D eigenvalue weighted by Gasteiger charge is 2.41. The van der Waals surface area contributed by atoms with Crippen LogP contribution in [0.4, 0.5) is 0 Å². The van der Waals surface area contributed by atoms with Crippen LogP contribution < -0.4 is 5.32 Å². The van der Waals surface area contributed by atoms with E-state index >= 15 is 0 Å². The van der Waals surface area contributed by atoms with Crippen molar-refractivity contribution in [1.82, 2.24) is 15.1 Å². The molecule has 1 aromatic carbocycles. The maximum atomic E-state index is 12.2. The van der Waals surface area contributed by atoms with Crippen molar-refractivity contribution in [3.8, 4) is 0 Å². The number of halogens is 1. The van der Waals surface area contributed by atoms with Crippen LogP contribution in [0.1, 0.15) is 19.4 Å². The van der Waals surface area contributed by atoms with E-state index in [1.54, 1.807) is 20.9 Å². The Morgan fingerprint density at radius 3 is 2.44 bits per heavy atom. The molecule has 1 fully saturated rings. The fourth-order valence-electron chi connectivity index (χ4n) is 3.19. The fraction of sp³-hybridized carbons (Fsp3) is 0.632. The number of hydrogen-bond donors (Lipinski definition) is 1. The summed E-state index contributed by atoms with van der Waals surface area (Å²) < 4.78 is 23.7. The van der Waals surface area contributed by atoms with Crippen LogP contribution in [0, 0.1) is 0 Å². The van der Waals surface area contributed by atoms with E-state index in [4.69, 9.17) is 0 Å². The molecule has 0 aliphatic carbocycles. The van der Waals surface area contributed by atoms with Crippen LogP contribution in [-0.4, -0.2) is 81.5 Å². The maximum absolute atomic E-state index is 12.2. The van der Waals surface area contributed by atoms with Gasteiger partial charge in [-0.2, -0.15) is 0 Å². The van der Waals surface area contributed by atoms with Crippen molar-refractivity contribution >= 4 is 39.8 Å². The predicted octanol–water partition coefficient (Wildman–Crippen LogP) is 1.86. The topological polar surface area (TPSA) is 65.0 Å². The fourth-order valence-corrected chi connectivity index (χ4v) is 4.56. The molecule has 8 heteroatoms. The Bertz CT molecular complexity index is 720. The van der Waals surface area contributed by atoms with Gasteiger partial charge in [-0.15, -0.1) is 24.0 Å². The van der Waals surface area contributed by atoms with E-state index in [2.05, 4.69) is 58.5 Å². The van der Waals surface area contributed by atoms with Crippen molar-refractivity contribution in [1.29, 1.82) is 0 Å². The summed E-state index contributed by atoms with van der Waals surface area (Å²) in [6, 6.07) is 10.7. The number of hydrogen-bond acceptors (Lipinski definition) is 4. The van der Waals surface area contributed by atoms with Gasteiger partial charge in [0.25, 0.3) is 0 Å². The molecule has 1 aliphatic rings. The third-order valence-electron chi connectivity index (χ3n) is 5.10. The zero-order valence-electron chi connectivity index (χ0n) is 17.0. The first kappa shape index (κ1) is 24.2.